The van der Waals surface area contributed by atoms with E-state index in [0.29, 0.717) is 40.4 Å². The first kappa shape index (κ1) is 18.6. The van der Waals surface area contributed by atoms with E-state index in [1.165, 1.54) is 18.4 Å². The van der Waals surface area contributed by atoms with E-state index in [1.54, 1.807) is 18.4 Å². The third-order valence-corrected chi connectivity index (χ3v) is 6.17. The topological polar surface area (TPSA) is 81.2 Å². The molecule has 4 aromatic rings. The zero-order valence-corrected chi connectivity index (χ0v) is 16.9. The highest BCUT2D eigenvalue weighted by Gasteiger charge is 2.36. The number of pyridine rings is 1. The van der Waals surface area contributed by atoms with E-state index >= 15 is 0 Å². The summed E-state index contributed by atoms with van der Waals surface area (Å²) in [6, 6.07) is 15.9. The van der Waals surface area contributed by atoms with Crippen molar-refractivity contribution in [1.29, 1.82) is 0 Å². The van der Waals surface area contributed by atoms with Gasteiger partial charge in [0, 0.05) is 12.0 Å². The maximum atomic E-state index is 13.3. The van der Waals surface area contributed by atoms with Crippen LogP contribution in [0, 0.1) is 6.92 Å². The number of nitrogens with zero attached hydrogens (tertiary/aromatic N) is 2. The van der Waals surface area contributed by atoms with Crippen molar-refractivity contribution in [3.8, 4) is 11.5 Å². The number of carbonyl (C=O) groups excluding carboxylic acids is 1. The van der Waals surface area contributed by atoms with Gasteiger partial charge >= 0.3 is 0 Å². The van der Waals surface area contributed by atoms with E-state index in [0.717, 1.165) is 12.8 Å². The van der Waals surface area contributed by atoms with Crippen molar-refractivity contribution in [2.75, 3.05) is 6.54 Å². The van der Waals surface area contributed by atoms with Crippen molar-refractivity contribution in [3.05, 3.63) is 71.6 Å². The second kappa shape index (κ2) is 7.44. The number of furan rings is 1. The third-order valence-electron chi connectivity index (χ3n) is 6.17. The average molecular weight is 401 g/mol. The summed E-state index contributed by atoms with van der Waals surface area (Å²) in [6.07, 6.45) is 6.09. The molecule has 30 heavy (non-hydrogen) atoms. The highest BCUT2D eigenvalue weighted by molar-refractivity contribution is 6.06. The largest absolute Gasteiger partial charge is 0.463 e. The van der Waals surface area contributed by atoms with E-state index in [2.05, 4.69) is 39.7 Å². The first-order chi connectivity index (χ1) is 14.7. The summed E-state index contributed by atoms with van der Waals surface area (Å²) in [5.41, 5.74) is 3.31. The van der Waals surface area contributed by atoms with Crippen LogP contribution in [0.25, 0.3) is 22.6 Å². The molecule has 5 rings (SSSR count). The Hall–Kier alpha value is -3.41. The molecule has 6 heteroatoms. The highest BCUT2D eigenvalue weighted by atomic mass is 16.5. The molecule has 0 radical (unpaired) electrons. The van der Waals surface area contributed by atoms with Gasteiger partial charge in [-0.3, -0.25) is 4.79 Å². The fourth-order valence-corrected chi connectivity index (χ4v) is 4.58. The van der Waals surface area contributed by atoms with Crippen LogP contribution < -0.4 is 5.32 Å². The van der Waals surface area contributed by atoms with Crippen molar-refractivity contribution in [2.24, 2.45) is 0 Å². The molecule has 152 valence electrons. The second-order valence-electron chi connectivity index (χ2n) is 8.02. The van der Waals surface area contributed by atoms with E-state index in [4.69, 9.17) is 8.94 Å². The molecule has 1 aliphatic rings. The number of rotatable bonds is 5. The number of hydrogen-bond acceptors (Lipinski definition) is 5. The number of amides is 1. The van der Waals surface area contributed by atoms with Gasteiger partial charge < -0.3 is 14.3 Å². The first-order valence-corrected chi connectivity index (χ1v) is 10.3. The standard InChI is InChI=1S/C24H23N3O3/c1-16-21-18(14-19(20-10-7-13-29-20)26-23(21)30-27-16)22(28)25-15-24(11-5-6-12-24)17-8-3-2-4-9-17/h2-4,7-10,13-14H,5-6,11-12,15H2,1H3,(H,25,28). The second-order valence-corrected chi connectivity index (χ2v) is 8.02. The maximum Gasteiger partial charge on any atom is 0.259 e. The minimum absolute atomic E-state index is 0.0173. The van der Waals surface area contributed by atoms with Crippen LogP contribution in [0.3, 0.4) is 0 Å². The van der Waals surface area contributed by atoms with Gasteiger partial charge in [-0.25, -0.2) is 4.98 Å². The molecular formula is C24H23N3O3. The molecule has 0 aliphatic heterocycles. The molecule has 1 amide bonds. The number of fused-ring (bicyclic) bond motifs is 1. The van der Waals surface area contributed by atoms with Gasteiger partial charge in [-0.2, -0.15) is 0 Å². The zero-order valence-electron chi connectivity index (χ0n) is 16.9. The molecule has 0 unspecified atom stereocenters. The quantitative estimate of drug-likeness (QED) is 0.507. The molecule has 1 aromatic carbocycles. The molecule has 0 atom stereocenters. The van der Waals surface area contributed by atoms with E-state index < -0.39 is 0 Å². The van der Waals surface area contributed by atoms with Crippen LogP contribution in [-0.4, -0.2) is 22.6 Å². The number of aryl methyl sites for hydroxylation is 1. The number of nitrogens with one attached hydrogen (secondary N) is 1. The Bertz CT molecular complexity index is 1170. The van der Waals surface area contributed by atoms with E-state index in [-0.39, 0.29) is 11.3 Å². The summed E-state index contributed by atoms with van der Waals surface area (Å²) < 4.78 is 10.8. The minimum atomic E-state index is -0.149. The highest BCUT2D eigenvalue weighted by Crippen LogP contribution is 2.40. The molecule has 0 saturated heterocycles. The molecule has 3 aromatic heterocycles. The van der Waals surface area contributed by atoms with Crippen LogP contribution in [0.15, 0.2) is 63.7 Å². The van der Waals surface area contributed by atoms with Gasteiger partial charge in [0.2, 0.25) is 0 Å². The first-order valence-electron chi connectivity index (χ1n) is 10.3. The Morgan fingerprint density at radius 2 is 1.93 bits per heavy atom. The lowest BCUT2D eigenvalue weighted by Gasteiger charge is -2.30. The number of hydrogen-bond donors (Lipinski definition) is 1. The summed E-state index contributed by atoms with van der Waals surface area (Å²) >= 11 is 0. The predicted octanol–water partition coefficient (Wildman–Crippen LogP) is 5.03. The van der Waals surface area contributed by atoms with E-state index in [9.17, 15) is 4.79 Å². The number of aromatic nitrogens is 2. The van der Waals surface area contributed by atoms with Crippen LogP contribution in [0.4, 0.5) is 0 Å². The fourth-order valence-electron chi connectivity index (χ4n) is 4.58. The Balaban J connectivity index is 1.48. The van der Waals surface area contributed by atoms with Gasteiger partial charge in [0.15, 0.2) is 5.76 Å². The number of benzene rings is 1. The van der Waals surface area contributed by atoms with Crippen LogP contribution in [-0.2, 0) is 5.41 Å². The Kier molecular flexibility index (Phi) is 4.62. The predicted molar refractivity (Wildman–Crippen MR) is 113 cm³/mol. The Morgan fingerprint density at radius 1 is 1.13 bits per heavy atom. The molecule has 0 bridgehead atoms. The smallest absolute Gasteiger partial charge is 0.259 e. The van der Waals surface area contributed by atoms with Crippen molar-refractivity contribution in [2.45, 2.75) is 38.0 Å². The summed E-state index contributed by atoms with van der Waals surface area (Å²) in [7, 11) is 0. The SMILES string of the molecule is Cc1noc2nc(-c3ccco3)cc(C(=O)NCC3(c4ccccc4)CCCC3)c12. The normalized spacial score (nSPS) is 15.5. The maximum absolute atomic E-state index is 13.3. The van der Waals surface area contributed by atoms with Crippen LogP contribution in [0.1, 0.15) is 47.3 Å². The van der Waals surface area contributed by atoms with Gasteiger partial charge in [0.25, 0.3) is 11.6 Å². The van der Waals surface area contributed by atoms with Crippen LogP contribution in [0.2, 0.25) is 0 Å². The summed E-state index contributed by atoms with van der Waals surface area (Å²) in [5, 5.41) is 7.85. The Morgan fingerprint density at radius 3 is 2.67 bits per heavy atom. The van der Waals surface area contributed by atoms with Gasteiger partial charge in [-0.1, -0.05) is 48.3 Å². The Labute approximate surface area is 174 Å². The summed E-state index contributed by atoms with van der Waals surface area (Å²) in [5.74, 6) is 0.431. The minimum Gasteiger partial charge on any atom is -0.463 e. The molecular weight excluding hydrogens is 378 g/mol. The van der Waals surface area contributed by atoms with Crippen molar-refractivity contribution < 1.29 is 13.7 Å². The van der Waals surface area contributed by atoms with Gasteiger partial charge in [-0.05, 0) is 43.5 Å². The van der Waals surface area contributed by atoms with Gasteiger partial charge in [0.1, 0.15) is 5.69 Å². The van der Waals surface area contributed by atoms with Crippen LogP contribution in [0.5, 0.6) is 0 Å². The number of carbonyl (C=O) groups is 1. The molecule has 1 aliphatic carbocycles. The van der Waals surface area contributed by atoms with Gasteiger partial charge in [-0.15, -0.1) is 0 Å². The zero-order chi connectivity index (χ0) is 20.6. The molecule has 1 fully saturated rings. The van der Waals surface area contributed by atoms with Gasteiger partial charge in [0.05, 0.1) is 22.9 Å². The lowest BCUT2D eigenvalue weighted by Crippen LogP contribution is -2.39. The molecule has 6 nitrogen and oxygen atoms in total. The summed E-state index contributed by atoms with van der Waals surface area (Å²) in [6.45, 7) is 2.42. The van der Waals surface area contributed by atoms with Crippen molar-refractivity contribution >= 4 is 17.0 Å². The fraction of sp³-hybridized carbons (Fsp3) is 0.292. The average Bonchev–Trinajstić information content (AvgIpc) is 3.54. The van der Waals surface area contributed by atoms with Crippen LogP contribution >= 0.6 is 0 Å². The monoisotopic (exact) mass is 401 g/mol. The van der Waals surface area contributed by atoms with E-state index in [1.807, 2.05) is 19.1 Å². The van der Waals surface area contributed by atoms with Crippen molar-refractivity contribution in [3.63, 3.8) is 0 Å². The molecule has 1 saturated carbocycles. The lowest BCUT2D eigenvalue weighted by molar-refractivity contribution is 0.0944. The molecule has 1 N–H and O–H groups in total. The molecule has 3 heterocycles. The van der Waals surface area contributed by atoms with Crippen molar-refractivity contribution in [1.82, 2.24) is 15.5 Å². The summed E-state index contributed by atoms with van der Waals surface area (Å²) in [4.78, 5) is 17.8. The molecule has 0 spiro atoms. The lowest BCUT2D eigenvalue weighted by atomic mass is 9.79. The third kappa shape index (κ3) is 3.18.